The number of hydrogen-bond donors (Lipinski definition) is 3. The summed E-state index contributed by atoms with van der Waals surface area (Å²) in [5.41, 5.74) is 0.964. The SMILES string of the molecule is Cc1cccc(C(=O)Nc2snc(C)c2C(=O)O)c1O. The summed E-state index contributed by atoms with van der Waals surface area (Å²) in [7, 11) is 0. The average Bonchev–Trinajstić information content (AvgIpc) is 2.73. The van der Waals surface area contributed by atoms with E-state index in [0.29, 0.717) is 11.3 Å². The number of nitrogens with zero attached hydrogens (tertiary/aromatic N) is 1. The molecule has 0 saturated heterocycles. The van der Waals surface area contributed by atoms with Gasteiger partial charge in [-0.1, -0.05) is 12.1 Å². The third-order valence-corrected chi connectivity index (χ3v) is 3.64. The van der Waals surface area contributed by atoms with E-state index in [2.05, 4.69) is 9.69 Å². The van der Waals surface area contributed by atoms with Crippen LogP contribution in [0.5, 0.6) is 5.75 Å². The fourth-order valence-corrected chi connectivity index (χ4v) is 2.50. The third kappa shape index (κ3) is 2.48. The summed E-state index contributed by atoms with van der Waals surface area (Å²) in [5.74, 6) is -1.85. The van der Waals surface area contributed by atoms with Gasteiger partial charge in [-0.3, -0.25) is 4.79 Å². The van der Waals surface area contributed by atoms with Crippen molar-refractivity contribution in [1.29, 1.82) is 0 Å². The fraction of sp³-hybridized carbons (Fsp3) is 0.154. The van der Waals surface area contributed by atoms with Crippen LogP contribution in [-0.4, -0.2) is 26.5 Å². The number of aryl methyl sites for hydroxylation is 2. The number of carboxylic acids is 1. The topological polar surface area (TPSA) is 99.5 Å². The van der Waals surface area contributed by atoms with Crippen LogP contribution in [0.4, 0.5) is 5.00 Å². The molecule has 104 valence electrons. The van der Waals surface area contributed by atoms with E-state index in [9.17, 15) is 14.7 Å². The van der Waals surface area contributed by atoms with Gasteiger partial charge in [0.05, 0.1) is 11.3 Å². The standard InChI is InChI=1S/C13H12N2O4S/c1-6-4-3-5-8(10(6)16)11(17)14-12-9(13(18)19)7(2)15-20-12/h3-5,16H,1-2H3,(H,14,17)(H,18,19). The number of nitrogens with one attached hydrogen (secondary N) is 1. The van der Waals surface area contributed by atoms with E-state index in [-0.39, 0.29) is 21.9 Å². The first kappa shape index (κ1) is 14.0. The van der Waals surface area contributed by atoms with Crippen molar-refractivity contribution in [3.05, 3.63) is 40.6 Å². The Kier molecular flexibility index (Phi) is 3.71. The molecule has 2 aromatic rings. The number of para-hydroxylation sites is 1. The number of aromatic carboxylic acids is 1. The second-order valence-electron chi connectivity index (χ2n) is 4.20. The Hall–Kier alpha value is -2.41. The van der Waals surface area contributed by atoms with Gasteiger partial charge in [0.15, 0.2) is 0 Å². The van der Waals surface area contributed by atoms with Gasteiger partial charge < -0.3 is 15.5 Å². The lowest BCUT2D eigenvalue weighted by molar-refractivity contribution is 0.0697. The van der Waals surface area contributed by atoms with Crippen molar-refractivity contribution in [3.8, 4) is 5.75 Å². The van der Waals surface area contributed by atoms with Crippen LogP contribution in [0.3, 0.4) is 0 Å². The fourth-order valence-electron chi connectivity index (χ4n) is 1.72. The molecule has 0 radical (unpaired) electrons. The second kappa shape index (κ2) is 5.30. The minimum absolute atomic E-state index is 0.0320. The normalized spacial score (nSPS) is 10.3. The highest BCUT2D eigenvalue weighted by Gasteiger charge is 2.21. The highest BCUT2D eigenvalue weighted by molar-refractivity contribution is 7.11. The van der Waals surface area contributed by atoms with Crippen LogP contribution in [0.2, 0.25) is 0 Å². The molecule has 0 atom stereocenters. The van der Waals surface area contributed by atoms with Crippen LogP contribution >= 0.6 is 11.5 Å². The van der Waals surface area contributed by atoms with E-state index in [1.807, 2.05) is 0 Å². The number of aromatic nitrogens is 1. The molecule has 3 N–H and O–H groups in total. The van der Waals surface area contributed by atoms with Gasteiger partial charge in [-0.25, -0.2) is 4.79 Å². The van der Waals surface area contributed by atoms with E-state index < -0.39 is 11.9 Å². The van der Waals surface area contributed by atoms with Crippen molar-refractivity contribution in [2.45, 2.75) is 13.8 Å². The van der Waals surface area contributed by atoms with Crippen LogP contribution in [0.15, 0.2) is 18.2 Å². The molecule has 0 fully saturated rings. The predicted octanol–water partition coefficient (Wildman–Crippen LogP) is 2.42. The zero-order valence-electron chi connectivity index (χ0n) is 10.8. The number of hydrogen-bond acceptors (Lipinski definition) is 5. The van der Waals surface area contributed by atoms with Crippen molar-refractivity contribution < 1.29 is 19.8 Å². The summed E-state index contributed by atoms with van der Waals surface area (Å²) in [6, 6.07) is 4.78. The first-order valence-electron chi connectivity index (χ1n) is 5.71. The minimum Gasteiger partial charge on any atom is -0.507 e. The van der Waals surface area contributed by atoms with E-state index in [4.69, 9.17) is 5.11 Å². The van der Waals surface area contributed by atoms with E-state index in [1.54, 1.807) is 26.0 Å². The van der Waals surface area contributed by atoms with Crippen molar-refractivity contribution in [1.82, 2.24) is 4.37 Å². The molecule has 1 aromatic heterocycles. The number of carbonyl (C=O) groups is 2. The molecule has 0 bridgehead atoms. The molecule has 7 heteroatoms. The molecular weight excluding hydrogens is 280 g/mol. The van der Waals surface area contributed by atoms with Crippen LogP contribution in [0, 0.1) is 13.8 Å². The summed E-state index contributed by atoms with van der Waals surface area (Å²) in [5, 5.41) is 21.6. The van der Waals surface area contributed by atoms with Crippen molar-refractivity contribution in [3.63, 3.8) is 0 Å². The Balaban J connectivity index is 2.33. The molecule has 0 aliphatic heterocycles. The molecule has 0 saturated carbocycles. The number of carboxylic acid groups (broad SMARTS) is 1. The van der Waals surface area contributed by atoms with Gasteiger partial charge >= 0.3 is 5.97 Å². The second-order valence-corrected chi connectivity index (χ2v) is 4.98. The Bertz CT molecular complexity index is 694. The van der Waals surface area contributed by atoms with Gasteiger partial charge in [-0.2, -0.15) is 4.37 Å². The molecule has 1 amide bonds. The molecule has 20 heavy (non-hydrogen) atoms. The minimum atomic E-state index is -1.15. The quantitative estimate of drug-likeness (QED) is 0.806. The van der Waals surface area contributed by atoms with E-state index >= 15 is 0 Å². The highest BCUT2D eigenvalue weighted by atomic mass is 32.1. The smallest absolute Gasteiger partial charge is 0.340 e. The lowest BCUT2D eigenvalue weighted by atomic mass is 10.1. The lowest BCUT2D eigenvalue weighted by Gasteiger charge is -2.07. The number of rotatable bonds is 3. The largest absolute Gasteiger partial charge is 0.507 e. The van der Waals surface area contributed by atoms with Crippen molar-refractivity contribution in [2.24, 2.45) is 0 Å². The molecule has 0 aliphatic rings. The average molecular weight is 292 g/mol. The summed E-state index contributed by atoms with van der Waals surface area (Å²) in [6.45, 7) is 3.23. The molecule has 0 spiro atoms. The summed E-state index contributed by atoms with van der Waals surface area (Å²) >= 11 is 0.893. The first-order chi connectivity index (χ1) is 9.41. The van der Waals surface area contributed by atoms with Crippen molar-refractivity contribution in [2.75, 3.05) is 5.32 Å². The maximum absolute atomic E-state index is 12.1. The van der Waals surface area contributed by atoms with Crippen LogP contribution < -0.4 is 5.32 Å². The number of carbonyl (C=O) groups excluding carboxylic acids is 1. The number of benzene rings is 1. The van der Waals surface area contributed by atoms with E-state index in [0.717, 1.165) is 11.5 Å². The number of amides is 1. The third-order valence-electron chi connectivity index (χ3n) is 2.79. The predicted molar refractivity (Wildman–Crippen MR) is 74.6 cm³/mol. The van der Waals surface area contributed by atoms with Gasteiger partial charge in [0, 0.05) is 0 Å². The molecule has 6 nitrogen and oxygen atoms in total. The zero-order chi connectivity index (χ0) is 14.9. The number of phenols is 1. The number of anilines is 1. The maximum Gasteiger partial charge on any atom is 0.340 e. The van der Waals surface area contributed by atoms with E-state index in [1.165, 1.54) is 6.07 Å². The summed E-state index contributed by atoms with van der Waals surface area (Å²) < 4.78 is 3.91. The maximum atomic E-state index is 12.1. The van der Waals surface area contributed by atoms with Crippen molar-refractivity contribution >= 4 is 28.4 Å². The molecule has 1 heterocycles. The highest BCUT2D eigenvalue weighted by Crippen LogP contribution is 2.27. The van der Waals surface area contributed by atoms with Crippen LogP contribution in [0.1, 0.15) is 32.0 Å². The lowest BCUT2D eigenvalue weighted by Crippen LogP contribution is -2.14. The number of aromatic hydroxyl groups is 1. The Morgan fingerprint density at radius 1 is 1.30 bits per heavy atom. The van der Waals surface area contributed by atoms with Gasteiger partial charge in [-0.05, 0) is 37.0 Å². The van der Waals surface area contributed by atoms with Gasteiger partial charge in [0.2, 0.25) is 0 Å². The first-order valence-corrected chi connectivity index (χ1v) is 6.48. The summed E-state index contributed by atoms with van der Waals surface area (Å²) in [4.78, 5) is 23.2. The van der Waals surface area contributed by atoms with Crippen LogP contribution in [-0.2, 0) is 0 Å². The van der Waals surface area contributed by atoms with Gasteiger partial charge in [0.1, 0.15) is 16.3 Å². The molecule has 1 aromatic carbocycles. The molecule has 0 aliphatic carbocycles. The molecule has 2 rings (SSSR count). The van der Waals surface area contributed by atoms with Gasteiger partial charge in [0.25, 0.3) is 5.91 Å². The Morgan fingerprint density at radius 3 is 2.65 bits per heavy atom. The zero-order valence-corrected chi connectivity index (χ0v) is 11.6. The molecular formula is C13H12N2O4S. The Labute approximate surface area is 118 Å². The Morgan fingerprint density at radius 2 is 2.00 bits per heavy atom. The van der Waals surface area contributed by atoms with Gasteiger partial charge in [-0.15, -0.1) is 0 Å². The monoisotopic (exact) mass is 292 g/mol. The van der Waals surface area contributed by atoms with Crippen LogP contribution in [0.25, 0.3) is 0 Å². The summed E-state index contributed by atoms with van der Waals surface area (Å²) in [6.07, 6.45) is 0. The number of phenolic OH excluding ortho intramolecular Hbond substituents is 1. The molecule has 0 unspecified atom stereocenters.